The Hall–Kier alpha value is -1.78. The lowest BCUT2D eigenvalue weighted by Gasteiger charge is -2.12. The van der Waals surface area contributed by atoms with Gasteiger partial charge < -0.3 is 4.74 Å². The van der Waals surface area contributed by atoms with Crippen molar-refractivity contribution in [3.8, 4) is 5.88 Å². The van der Waals surface area contributed by atoms with Crippen molar-refractivity contribution in [2.45, 2.75) is 58.2 Å². The van der Waals surface area contributed by atoms with Crippen LogP contribution in [-0.4, -0.2) is 19.6 Å². The third kappa shape index (κ3) is 2.86. The quantitative estimate of drug-likeness (QED) is 0.777. The molecule has 1 aliphatic carbocycles. The van der Waals surface area contributed by atoms with Gasteiger partial charge in [-0.2, -0.15) is 5.10 Å². The summed E-state index contributed by atoms with van der Waals surface area (Å²) in [6.07, 6.45) is 8.71. The van der Waals surface area contributed by atoms with Crippen LogP contribution in [0.25, 0.3) is 0 Å². The van der Waals surface area contributed by atoms with Crippen molar-refractivity contribution in [2.75, 3.05) is 0 Å². The summed E-state index contributed by atoms with van der Waals surface area (Å²) in [6.45, 7) is 4.86. The highest BCUT2D eigenvalue weighted by molar-refractivity contribution is 5.09. The smallest absolute Gasteiger partial charge is 0.233 e. The molecule has 5 heteroatoms. The molecule has 2 heterocycles. The summed E-state index contributed by atoms with van der Waals surface area (Å²) in [5.74, 6) is 0.689. The van der Waals surface area contributed by atoms with Crippen LogP contribution < -0.4 is 4.74 Å². The van der Waals surface area contributed by atoms with E-state index in [1.54, 1.807) is 0 Å². The largest absolute Gasteiger partial charge is 0.470 e. The van der Waals surface area contributed by atoms with Gasteiger partial charge in [-0.3, -0.25) is 9.36 Å². The van der Waals surface area contributed by atoms with Crippen LogP contribution in [-0.2, 0) is 6.61 Å². The first-order valence-corrected chi connectivity index (χ1v) is 7.52. The molecule has 0 unspecified atom stereocenters. The standard InChI is InChI=1S/C15H22N4O/c1-3-13(4-2)18-9-7-12(16-18)11-20-15-8-10-19(17-15)14-5-6-14/h7-10,13-14H,3-6,11H2,1-2H3. The summed E-state index contributed by atoms with van der Waals surface area (Å²) in [7, 11) is 0. The molecule has 0 atom stereocenters. The van der Waals surface area contributed by atoms with Gasteiger partial charge in [0.1, 0.15) is 6.61 Å². The van der Waals surface area contributed by atoms with E-state index < -0.39 is 0 Å². The van der Waals surface area contributed by atoms with E-state index in [1.807, 2.05) is 33.9 Å². The second kappa shape index (κ2) is 5.69. The molecule has 2 aromatic heterocycles. The maximum atomic E-state index is 5.70. The Labute approximate surface area is 119 Å². The molecule has 5 nitrogen and oxygen atoms in total. The molecule has 1 aliphatic rings. The lowest BCUT2D eigenvalue weighted by atomic mass is 10.2. The van der Waals surface area contributed by atoms with Crippen LogP contribution in [0.1, 0.15) is 57.3 Å². The van der Waals surface area contributed by atoms with Crippen molar-refractivity contribution < 1.29 is 4.74 Å². The summed E-state index contributed by atoms with van der Waals surface area (Å²) < 4.78 is 9.74. The molecule has 2 aromatic rings. The minimum absolute atomic E-state index is 0.481. The maximum absolute atomic E-state index is 5.70. The van der Waals surface area contributed by atoms with Crippen LogP contribution in [0.2, 0.25) is 0 Å². The van der Waals surface area contributed by atoms with Crippen molar-refractivity contribution in [1.82, 2.24) is 19.6 Å². The van der Waals surface area contributed by atoms with Crippen LogP contribution in [0.3, 0.4) is 0 Å². The van der Waals surface area contributed by atoms with E-state index in [0.29, 0.717) is 24.6 Å². The third-order valence-corrected chi connectivity index (χ3v) is 3.85. The predicted octanol–water partition coefficient (Wildman–Crippen LogP) is 3.35. The molecular formula is C15H22N4O. The molecule has 1 fully saturated rings. The first kappa shape index (κ1) is 13.2. The first-order valence-electron chi connectivity index (χ1n) is 7.52. The van der Waals surface area contributed by atoms with E-state index >= 15 is 0 Å². The lowest BCUT2D eigenvalue weighted by Crippen LogP contribution is -2.08. The summed E-state index contributed by atoms with van der Waals surface area (Å²) >= 11 is 0. The second-order valence-corrected chi connectivity index (χ2v) is 5.41. The number of aromatic nitrogens is 4. The average Bonchev–Trinajstić information content (AvgIpc) is 3.02. The molecule has 0 aromatic carbocycles. The van der Waals surface area contributed by atoms with Gasteiger partial charge in [-0.25, -0.2) is 0 Å². The van der Waals surface area contributed by atoms with Crippen molar-refractivity contribution in [3.63, 3.8) is 0 Å². The third-order valence-electron chi connectivity index (χ3n) is 3.85. The van der Waals surface area contributed by atoms with Crippen molar-refractivity contribution in [3.05, 3.63) is 30.2 Å². The van der Waals surface area contributed by atoms with Gasteiger partial charge in [-0.05, 0) is 31.7 Å². The second-order valence-electron chi connectivity index (χ2n) is 5.41. The van der Waals surface area contributed by atoms with E-state index in [1.165, 1.54) is 12.8 Å². The number of rotatable bonds is 7. The van der Waals surface area contributed by atoms with Gasteiger partial charge in [0.05, 0.1) is 17.8 Å². The highest BCUT2D eigenvalue weighted by Crippen LogP contribution is 2.34. The SMILES string of the molecule is CCC(CC)n1ccc(COc2ccn(C3CC3)n2)n1. The van der Waals surface area contributed by atoms with Gasteiger partial charge in [-0.15, -0.1) is 5.10 Å². The van der Waals surface area contributed by atoms with Crippen molar-refractivity contribution in [2.24, 2.45) is 0 Å². The molecule has 108 valence electrons. The van der Waals surface area contributed by atoms with E-state index in [-0.39, 0.29) is 0 Å². The zero-order valence-electron chi connectivity index (χ0n) is 12.2. The Morgan fingerprint density at radius 2 is 2.00 bits per heavy atom. The van der Waals surface area contributed by atoms with Gasteiger partial charge in [0.2, 0.25) is 5.88 Å². The van der Waals surface area contributed by atoms with Crippen LogP contribution >= 0.6 is 0 Å². The summed E-state index contributed by atoms with van der Waals surface area (Å²) in [6, 6.07) is 5.03. The monoisotopic (exact) mass is 274 g/mol. The lowest BCUT2D eigenvalue weighted by molar-refractivity contribution is 0.281. The maximum Gasteiger partial charge on any atom is 0.233 e. The molecule has 0 bridgehead atoms. The molecule has 1 saturated carbocycles. The molecule has 0 N–H and O–H groups in total. The molecular weight excluding hydrogens is 252 g/mol. The summed E-state index contributed by atoms with van der Waals surface area (Å²) in [5, 5.41) is 9.00. The Bertz CT molecular complexity index is 552. The molecule has 3 rings (SSSR count). The van der Waals surface area contributed by atoms with E-state index in [4.69, 9.17) is 4.74 Å². The van der Waals surface area contributed by atoms with Gasteiger partial charge in [0.25, 0.3) is 0 Å². The Morgan fingerprint density at radius 1 is 1.20 bits per heavy atom. The summed E-state index contributed by atoms with van der Waals surface area (Å²) in [4.78, 5) is 0. The number of hydrogen-bond donors (Lipinski definition) is 0. The molecule has 0 radical (unpaired) electrons. The van der Waals surface area contributed by atoms with Crippen molar-refractivity contribution in [1.29, 1.82) is 0 Å². The molecule has 0 amide bonds. The van der Waals surface area contributed by atoms with Gasteiger partial charge in [0.15, 0.2) is 0 Å². The molecule has 0 saturated heterocycles. The van der Waals surface area contributed by atoms with E-state index in [0.717, 1.165) is 18.5 Å². The zero-order chi connectivity index (χ0) is 13.9. The van der Waals surface area contributed by atoms with Gasteiger partial charge >= 0.3 is 0 Å². The number of nitrogens with zero attached hydrogens (tertiary/aromatic N) is 4. The minimum Gasteiger partial charge on any atom is -0.470 e. The van der Waals surface area contributed by atoms with Gasteiger partial charge in [0, 0.05) is 18.5 Å². The molecule has 0 aliphatic heterocycles. The fourth-order valence-electron chi connectivity index (χ4n) is 2.41. The fourth-order valence-corrected chi connectivity index (χ4v) is 2.41. The van der Waals surface area contributed by atoms with Gasteiger partial charge in [-0.1, -0.05) is 13.8 Å². The number of ether oxygens (including phenoxy) is 1. The zero-order valence-corrected chi connectivity index (χ0v) is 12.2. The van der Waals surface area contributed by atoms with Crippen LogP contribution in [0, 0.1) is 0 Å². The van der Waals surface area contributed by atoms with Crippen LogP contribution in [0.15, 0.2) is 24.5 Å². The topological polar surface area (TPSA) is 44.9 Å². The molecule has 20 heavy (non-hydrogen) atoms. The average molecular weight is 274 g/mol. The van der Waals surface area contributed by atoms with Crippen molar-refractivity contribution >= 4 is 0 Å². The highest BCUT2D eigenvalue weighted by atomic mass is 16.5. The van der Waals surface area contributed by atoms with Crippen LogP contribution in [0.4, 0.5) is 0 Å². The first-order chi connectivity index (χ1) is 9.80. The van der Waals surface area contributed by atoms with E-state index in [2.05, 4.69) is 24.0 Å². The Balaban J connectivity index is 1.57. The molecule has 0 spiro atoms. The van der Waals surface area contributed by atoms with E-state index in [9.17, 15) is 0 Å². The van der Waals surface area contributed by atoms with Crippen LogP contribution in [0.5, 0.6) is 5.88 Å². The predicted molar refractivity (Wildman–Crippen MR) is 76.7 cm³/mol. The summed E-state index contributed by atoms with van der Waals surface area (Å²) in [5.41, 5.74) is 0.956. The highest BCUT2D eigenvalue weighted by Gasteiger charge is 2.24. The number of hydrogen-bond acceptors (Lipinski definition) is 3. The Kier molecular flexibility index (Phi) is 3.76. The fraction of sp³-hybridized carbons (Fsp3) is 0.600. The normalized spacial score (nSPS) is 14.9. The minimum atomic E-state index is 0.481. The Morgan fingerprint density at radius 3 is 2.70 bits per heavy atom.